The molecule has 0 spiro atoms. The monoisotopic (exact) mass is 292 g/mol. The second-order valence-corrected chi connectivity index (χ2v) is 5.64. The summed E-state index contributed by atoms with van der Waals surface area (Å²) in [5, 5.41) is 0.242. The van der Waals surface area contributed by atoms with Crippen LogP contribution in [0.15, 0.2) is 24.3 Å². The Hall–Kier alpha value is -0.900. The maximum atomic E-state index is 12.0. The third-order valence-corrected chi connectivity index (χ3v) is 3.80. The Kier molecular flexibility index (Phi) is 4.61. The van der Waals surface area contributed by atoms with Crippen molar-refractivity contribution in [3.05, 3.63) is 29.8 Å². The van der Waals surface area contributed by atoms with Crippen molar-refractivity contribution in [1.29, 1.82) is 0 Å². The zero-order valence-electron chi connectivity index (χ0n) is 10.4. The van der Waals surface area contributed by atoms with Crippen LogP contribution in [-0.4, -0.2) is 11.7 Å². The summed E-state index contributed by atoms with van der Waals surface area (Å²) in [5.41, 5.74) is 1.03. The molecule has 19 heavy (non-hydrogen) atoms. The Morgan fingerprint density at radius 2 is 1.84 bits per heavy atom. The van der Waals surface area contributed by atoms with Crippen LogP contribution in [0.25, 0.3) is 0 Å². The summed E-state index contributed by atoms with van der Waals surface area (Å²) in [4.78, 5) is 0. The Morgan fingerprint density at radius 1 is 1.16 bits per heavy atom. The molecule has 5 heteroatoms. The molecular formula is C14H16ClF3O. The molecule has 1 nitrogen and oxygen atoms in total. The molecule has 0 bridgehead atoms. The van der Waals surface area contributed by atoms with Crippen molar-refractivity contribution in [1.82, 2.24) is 0 Å². The smallest absolute Gasteiger partial charge is 0.406 e. The van der Waals surface area contributed by atoms with E-state index >= 15 is 0 Å². The highest BCUT2D eigenvalue weighted by Gasteiger charge is 2.31. The minimum Gasteiger partial charge on any atom is -0.406 e. The van der Waals surface area contributed by atoms with Crippen LogP contribution in [-0.2, 0) is 6.42 Å². The fourth-order valence-electron chi connectivity index (χ4n) is 2.57. The van der Waals surface area contributed by atoms with Crippen molar-refractivity contribution in [3.63, 3.8) is 0 Å². The molecule has 0 aliphatic heterocycles. The normalized spacial score (nSPS) is 24.2. The van der Waals surface area contributed by atoms with Gasteiger partial charge in [-0.25, -0.2) is 0 Å². The fraction of sp³-hybridized carbons (Fsp3) is 0.571. The van der Waals surface area contributed by atoms with Gasteiger partial charge in [0.1, 0.15) is 5.75 Å². The highest BCUT2D eigenvalue weighted by Crippen LogP contribution is 2.31. The van der Waals surface area contributed by atoms with E-state index in [2.05, 4.69) is 4.74 Å². The minimum absolute atomic E-state index is 0.171. The van der Waals surface area contributed by atoms with Crippen molar-refractivity contribution in [2.45, 2.75) is 43.8 Å². The van der Waals surface area contributed by atoms with Crippen LogP contribution in [0.2, 0.25) is 0 Å². The van der Waals surface area contributed by atoms with Gasteiger partial charge in [0, 0.05) is 5.38 Å². The van der Waals surface area contributed by atoms with Gasteiger partial charge < -0.3 is 4.74 Å². The number of rotatable bonds is 3. The second kappa shape index (κ2) is 6.04. The fourth-order valence-corrected chi connectivity index (χ4v) is 2.98. The van der Waals surface area contributed by atoms with Crippen LogP contribution in [0.5, 0.6) is 5.75 Å². The summed E-state index contributed by atoms with van der Waals surface area (Å²) in [6, 6.07) is 6.12. The average molecular weight is 293 g/mol. The minimum atomic E-state index is -4.63. The van der Waals surface area contributed by atoms with Gasteiger partial charge in [-0.05, 0) is 42.9 Å². The molecule has 2 atom stereocenters. The molecule has 2 unspecified atom stereocenters. The predicted octanol–water partition coefficient (Wildman–Crippen LogP) is 4.93. The summed E-state index contributed by atoms with van der Waals surface area (Å²) in [6.45, 7) is 0. The summed E-state index contributed by atoms with van der Waals surface area (Å²) in [7, 11) is 0. The molecule has 1 aromatic rings. The van der Waals surface area contributed by atoms with E-state index in [1.807, 2.05) is 0 Å². The zero-order valence-corrected chi connectivity index (χ0v) is 11.2. The first-order valence-corrected chi connectivity index (χ1v) is 6.85. The molecule has 0 N–H and O–H groups in total. The van der Waals surface area contributed by atoms with Crippen LogP contribution in [0.1, 0.15) is 31.2 Å². The molecule has 0 saturated heterocycles. The summed E-state index contributed by atoms with van der Waals surface area (Å²) < 4.78 is 39.9. The molecule has 0 radical (unpaired) electrons. The number of ether oxygens (including phenoxy) is 1. The molecule has 106 valence electrons. The van der Waals surface area contributed by atoms with Crippen LogP contribution in [0, 0.1) is 5.92 Å². The van der Waals surface area contributed by atoms with Gasteiger partial charge in [0.05, 0.1) is 0 Å². The lowest BCUT2D eigenvalue weighted by atomic mass is 9.84. The summed E-state index contributed by atoms with van der Waals surface area (Å²) in [5.74, 6) is 0.362. The molecule has 0 aromatic heterocycles. The summed E-state index contributed by atoms with van der Waals surface area (Å²) >= 11 is 6.13. The van der Waals surface area contributed by atoms with Crippen LogP contribution >= 0.6 is 11.6 Å². The third-order valence-electron chi connectivity index (χ3n) is 3.40. The Bertz CT molecular complexity index is 402. The number of alkyl halides is 4. The lowest BCUT2D eigenvalue weighted by Gasteiger charge is -2.25. The van der Waals surface area contributed by atoms with Gasteiger partial charge in [0.2, 0.25) is 0 Å². The topological polar surface area (TPSA) is 9.23 Å². The number of hydrogen-bond donors (Lipinski definition) is 0. The zero-order chi connectivity index (χ0) is 13.9. The molecule has 1 aliphatic carbocycles. The lowest BCUT2D eigenvalue weighted by Crippen LogP contribution is -2.18. The Morgan fingerprint density at radius 3 is 2.42 bits per heavy atom. The standard InChI is InChI=1S/C14H16ClF3O/c15-12-3-1-2-11(9-12)8-10-4-6-13(7-5-10)19-14(16,17)18/h4-7,11-12H,1-3,8-9H2. The largest absolute Gasteiger partial charge is 0.573 e. The molecular weight excluding hydrogens is 277 g/mol. The molecule has 1 aliphatic rings. The van der Waals surface area contributed by atoms with Crippen molar-refractivity contribution < 1.29 is 17.9 Å². The molecule has 1 aromatic carbocycles. The van der Waals surface area contributed by atoms with E-state index < -0.39 is 6.36 Å². The van der Waals surface area contributed by atoms with Crippen molar-refractivity contribution in [2.24, 2.45) is 5.92 Å². The van der Waals surface area contributed by atoms with Gasteiger partial charge in [-0.15, -0.1) is 24.8 Å². The highest BCUT2D eigenvalue weighted by atomic mass is 35.5. The maximum absolute atomic E-state index is 12.0. The lowest BCUT2D eigenvalue weighted by molar-refractivity contribution is -0.274. The predicted molar refractivity (Wildman–Crippen MR) is 68.4 cm³/mol. The van der Waals surface area contributed by atoms with Gasteiger partial charge in [-0.1, -0.05) is 25.0 Å². The highest BCUT2D eigenvalue weighted by molar-refractivity contribution is 6.20. The Labute approximate surface area is 115 Å². The van der Waals surface area contributed by atoms with E-state index in [1.165, 1.54) is 12.1 Å². The van der Waals surface area contributed by atoms with Crippen molar-refractivity contribution >= 4 is 11.6 Å². The van der Waals surface area contributed by atoms with Crippen molar-refractivity contribution in [2.75, 3.05) is 0 Å². The molecule has 0 amide bonds. The van der Waals surface area contributed by atoms with Crippen LogP contribution < -0.4 is 4.74 Å². The van der Waals surface area contributed by atoms with Crippen LogP contribution in [0.4, 0.5) is 13.2 Å². The first-order chi connectivity index (χ1) is 8.92. The first kappa shape index (κ1) is 14.5. The molecule has 0 heterocycles. The third kappa shape index (κ3) is 4.94. The van der Waals surface area contributed by atoms with E-state index in [1.54, 1.807) is 12.1 Å². The SMILES string of the molecule is FC(F)(F)Oc1ccc(CC2CCCC(Cl)C2)cc1. The van der Waals surface area contributed by atoms with E-state index in [0.29, 0.717) is 5.92 Å². The van der Waals surface area contributed by atoms with E-state index in [0.717, 1.165) is 37.7 Å². The maximum Gasteiger partial charge on any atom is 0.573 e. The number of hydrogen-bond acceptors (Lipinski definition) is 1. The molecule has 1 fully saturated rings. The Balaban J connectivity index is 1.91. The van der Waals surface area contributed by atoms with Crippen LogP contribution in [0.3, 0.4) is 0 Å². The number of benzene rings is 1. The summed E-state index contributed by atoms with van der Waals surface area (Å²) in [6.07, 6.45) is 0.573. The van der Waals surface area contributed by atoms with Gasteiger partial charge in [0.25, 0.3) is 0 Å². The molecule has 1 saturated carbocycles. The number of halogens is 4. The quantitative estimate of drug-likeness (QED) is 0.718. The van der Waals surface area contributed by atoms with Gasteiger partial charge in [0.15, 0.2) is 0 Å². The van der Waals surface area contributed by atoms with Gasteiger partial charge in [-0.3, -0.25) is 0 Å². The van der Waals surface area contributed by atoms with Gasteiger partial charge in [-0.2, -0.15) is 0 Å². The van der Waals surface area contributed by atoms with E-state index in [4.69, 9.17) is 11.6 Å². The first-order valence-electron chi connectivity index (χ1n) is 6.41. The van der Waals surface area contributed by atoms with E-state index in [-0.39, 0.29) is 11.1 Å². The second-order valence-electron chi connectivity index (χ2n) is 5.03. The van der Waals surface area contributed by atoms with Crippen molar-refractivity contribution in [3.8, 4) is 5.75 Å². The molecule has 2 rings (SSSR count). The average Bonchev–Trinajstić information content (AvgIpc) is 2.30. The van der Waals surface area contributed by atoms with Gasteiger partial charge >= 0.3 is 6.36 Å². The van der Waals surface area contributed by atoms with E-state index in [9.17, 15) is 13.2 Å².